The third-order valence-corrected chi connectivity index (χ3v) is 6.44. The zero-order valence-electron chi connectivity index (χ0n) is 19.1. The molecule has 2 heterocycles. The number of para-hydroxylation sites is 1. The summed E-state index contributed by atoms with van der Waals surface area (Å²) in [5.41, 5.74) is 3.25. The summed E-state index contributed by atoms with van der Waals surface area (Å²) in [6.07, 6.45) is 2.74. The number of aromatic nitrogens is 1. The van der Waals surface area contributed by atoms with E-state index in [-0.39, 0.29) is 11.2 Å². The zero-order valence-corrected chi connectivity index (χ0v) is 20.7. The van der Waals surface area contributed by atoms with Crippen molar-refractivity contribution in [2.75, 3.05) is 6.54 Å². The number of aryl methyl sites for hydroxylation is 1. The minimum atomic E-state index is -0.426. The Kier molecular flexibility index (Phi) is 6.42. The molecule has 0 unspecified atom stereocenters. The van der Waals surface area contributed by atoms with E-state index in [1.807, 2.05) is 43.4 Å². The maximum absolute atomic E-state index is 12.9. The van der Waals surface area contributed by atoms with Gasteiger partial charge in [0.1, 0.15) is 23.3 Å². The molecule has 0 aliphatic heterocycles. The number of benzene rings is 3. The number of rotatable bonds is 7. The summed E-state index contributed by atoms with van der Waals surface area (Å²) in [5.74, 6) is -0.0296. The first-order valence-electron chi connectivity index (χ1n) is 11.2. The molecular formula is C28H23BrN2O4. The van der Waals surface area contributed by atoms with Crippen molar-refractivity contribution in [2.24, 2.45) is 7.05 Å². The second-order valence-electron chi connectivity index (χ2n) is 8.31. The number of carbonyl (C=O) groups is 1. The lowest BCUT2D eigenvalue weighted by Crippen LogP contribution is -2.26. The maximum atomic E-state index is 12.9. The van der Waals surface area contributed by atoms with Gasteiger partial charge in [-0.1, -0.05) is 52.3 Å². The van der Waals surface area contributed by atoms with Crippen LogP contribution in [0.4, 0.5) is 0 Å². The summed E-state index contributed by atoms with van der Waals surface area (Å²) in [6.45, 7) is 0.729. The van der Waals surface area contributed by atoms with Gasteiger partial charge in [0.15, 0.2) is 11.2 Å². The van der Waals surface area contributed by atoms with Crippen LogP contribution in [0.2, 0.25) is 0 Å². The SMILES string of the molecule is Cn1cc(CCNC(=O)c2cc(=O)c3c(OCc4ccc(Br)cc4)cccc3o2)c2ccccc21. The Bertz CT molecular complexity index is 1590. The van der Waals surface area contributed by atoms with Gasteiger partial charge in [-0.3, -0.25) is 9.59 Å². The van der Waals surface area contributed by atoms with Gasteiger partial charge in [-0.15, -0.1) is 0 Å². The molecule has 0 saturated heterocycles. The molecule has 0 radical (unpaired) electrons. The fourth-order valence-corrected chi connectivity index (χ4v) is 4.44. The first-order chi connectivity index (χ1) is 17.0. The lowest BCUT2D eigenvalue weighted by molar-refractivity contribution is 0.0927. The average Bonchev–Trinajstić information content (AvgIpc) is 3.19. The number of ether oxygens (including phenoxy) is 1. The van der Waals surface area contributed by atoms with E-state index >= 15 is 0 Å². The summed E-state index contributed by atoms with van der Waals surface area (Å²) in [7, 11) is 2.00. The van der Waals surface area contributed by atoms with Gasteiger partial charge in [-0.2, -0.15) is 0 Å². The van der Waals surface area contributed by atoms with Crippen molar-refractivity contribution in [1.82, 2.24) is 9.88 Å². The lowest BCUT2D eigenvalue weighted by Gasteiger charge is -2.10. The fourth-order valence-electron chi connectivity index (χ4n) is 4.17. The number of nitrogens with zero attached hydrogens (tertiary/aromatic N) is 1. The van der Waals surface area contributed by atoms with Gasteiger partial charge < -0.3 is 19.0 Å². The number of nitrogens with one attached hydrogen (secondary N) is 1. The molecule has 1 N–H and O–H groups in total. The van der Waals surface area contributed by atoms with Crippen LogP contribution in [0, 0.1) is 0 Å². The molecule has 0 saturated carbocycles. The Morgan fingerprint density at radius 3 is 2.69 bits per heavy atom. The van der Waals surface area contributed by atoms with Gasteiger partial charge in [0.05, 0.1) is 0 Å². The second kappa shape index (κ2) is 9.80. The van der Waals surface area contributed by atoms with Crippen molar-refractivity contribution in [3.8, 4) is 5.75 Å². The molecule has 5 rings (SSSR count). The predicted octanol–water partition coefficient (Wildman–Crippen LogP) is 5.60. The minimum Gasteiger partial charge on any atom is -0.488 e. The van der Waals surface area contributed by atoms with Gasteiger partial charge >= 0.3 is 0 Å². The Balaban J connectivity index is 1.30. The summed E-state index contributed by atoms with van der Waals surface area (Å²) in [5, 5.41) is 4.34. The smallest absolute Gasteiger partial charge is 0.287 e. The predicted molar refractivity (Wildman–Crippen MR) is 140 cm³/mol. The highest BCUT2D eigenvalue weighted by Gasteiger charge is 2.15. The number of carbonyl (C=O) groups excluding carboxylic acids is 1. The topological polar surface area (TPSA) is 73.5 Å². The second-order valence-corrected chi connectivity index (χ2v) is 9.22. The third kappa shape index (κ3) is 4.86. The maximum Gasteiger partial charge on any atom is 0.287 e. The van der Waals surface area contributed by atoms with Crippen molar-refractivity contribution < 1.29 is 13.9 Å². The molecule has 0 spiro atoms. The largest absolute Gasteiger partial charge is 0.488 e. The molecular weight excluding hydrogens is 508 g/mol. The number of amides is 1. The van der Waals surface area contributed by atoms with Crippen LogP contribution in [0.3, 0.4) is 0 Å². The van der Waals surface area contributed by atoms with Gasteiger partial charge in [0.2, 0.25) is 0 Å². The highest BCUT2D eigenvalue weighted by Crippen LogP contribution is 2.25. The summed E-state index contributed by atoms with van der Waals surface area (Å²) < 4.78 is 14.7. The van der Waals surface area contributed by atoms with Gasteiger partial charge in [-0.05, 0) is 47.9 Å². The molecule has 35 heavy (non-hydrogen) atoms. The Labute approximate surface area is 210 Å². The molecule has 5 aromatic rings. The van der Waals surface area contributed by atoms with Crippen molar-refractivity contribution in [3.63, 3.8) is 0 Å². The molecule has 0 aliphatic rings. The van der Waals surface area contributed by atoms with E-state index in [1.54, 1.807) is 18.2 Å². The highest BCUT2D eigenvalue weighted by atomic mass is 79.9. The molecule has 1 amide bonds. The Morgan fingerprint density at radius 1 is 1.06 bits per heavy atom. The summed E-state index contributed by atoms with van der Waals surface area (Å²) >= 11 is 3.41. The van der Waals surface area contributed by atoms with Crippen molar-refractivity contribution in [2.45, 2.75) is 13.0 Å². The molecule has 3 aromatic carbocycles. The Hall–Kier alpha value is -3.84. The number of halogens is 1. The van der Waals surface area contributed by atoms with E-state index in [0.29, 0.717) is 36.3 Å². The van der Waals surface area contributed by atoms with Crippen molar-refractivity contribution in [1.29, 1.82) is 0 Å². The van der Waals surface area contributed by atoms with Crippen LogP contribution in [0.1, 0.15) is 21.7 Å². The Morgan fingerprint density at radius 2 is 1.86 bits per heavy atom. The van der Waals surface area contributed by atoms with Crippen LogP contribution in [0.25, 0.3) is 21.9 Å². The molecule has 6 nitrogen and oxygen atoms in total. The lowest BCUT2D eigenvalue weighted by atomic mass is 10.1. The molecule has 0 aliphatic carbocycles. The molecule has 0 fully saturated rings. The number of fused-ring (bicyclic) bond motifs is 2. The molecule has 0 bridgehead atoms. The summed E-state index contributed by atoms with van der Waals surface area (Å²) in [6, 6.07) is 22.3. The van der Waals surface area contributed by atoms with Crippen LogP contribution in [-0.4, -0.2) is 17.0 Å². The standard InChI is InChI=1S/C28H23BrN2O4/c1-31-16-19(21-5-2-3-6-22(21)31)13-14-30-28(33)26-15-23(32)27-24(7-4-8-25(27)35-26)34-17-18-9-11-20(29)12-10-18/h2-12,15-16H,13-14,17H2,1H3,(H,30,33). The van der Waals surface area contributed by atoms with Crippen molar-refractivity contribution >= 4 is 43.7 Å². The van der Waals surface area contributed by atoms with Crippen LogP contribution in [0.15, 0.2) is 92.7 Å². The van der Waals surface area contributed by atoms with Crippen LogP contribution >= 0.6 is 15.9 Å². The number of hydrogen-bond donors (Lipinski definition) is 1. The van der Waals surface area contributed by atoms with E-state index in [4.69, 9.17) is 9.15 Å². The van der Waals surface area contributed by atoms with Gasteiger partial charge in [-0.25, -0.2) is 0 Å². The number of hydrogen-bond acceptors (Lipinski definition) is 4. The first-order valence-corrected chi connectivity index (χ1v) is 12.0. The average molecular weight is 531 g/mol. The van der Waals surface area contributed by atoms with Gasteiger partial charge in [0.25, 0.3) is 5.91 Å². The third-order valence-electron chi connectivity index (χ3n) is 5.91. The van der Waals surface area contributed by atoms with Crippen molar-refractivity contribution in [3.05, 3.63) is 111 Å². The molecule has 176 valence electrons. The van der Waals surface area contributed by atoms with E-state index in [9.17, 15) is 9.59 Å². The summed E-state index contributed by atoms with van der Waals surface area (Å²) in [4.78, 5) is 25.6. The normalized spacial score (nSPS) is 11.1. The van der Waals surface area contributed by atoms with E-state index in [0.717, 1.165) is 26.5 Å². The van der Waals surface area contributed by atoms with Crippen LogP contribution < -0.4 is 15.5 Å². The van der Waals surface area contributed by atoms with E-state index in [2.05, 4.69) is 44.1 Å². The quantitative estimate of drug-likeness (QED) is 0.297. The monoisotopic (exact) mass is 530 g/mol. The van der Waals surface area contributed by atoms with E-state index < -0.39 is 5.91 Å². The van der Waals surface area contributed by atoms with Crippen LogP contribution in [0.5, 0.6) is 5.75 Å². The molecule has 0 atom stereocenters. The zero-order chi connectivity index (χ0) is 24.4. The van der Waals surface area contributed by atoms with Crippen LogP contribution in [-0.2, 0) is 20.1 Å². The molecule has 7 heteroatoms. The molecule has 2 aromatic heterocycles. The fraction of sp³-hybridized carbons (Fsp3) is 0.143. The van der Waals surface area contributed by atoms with E-state index in [1.165, 1.54) is 6.07 Å². The van der Waals surface area contributed by atoms with Gasteiger partial charge in [0, 0.05) is 41.2 Å². The highest BCUT2D eigenvalue weighted by molar-refractivity contribution is 9.10. The minimum absolute atomic E-state index is 0.0227. The first kappa shape index (κ1) is 22.9.